The summed E-state index contributed by atoms with van der Waals surface area (Å²) in [6.45, 7) is 9.87. The number of ether oxygens (including phenoxy) is 1. The van der Waals surface area contributed by atoms with Crippen molar-refractivity contribution in [3.63, 3.8) is 0 Å². The zero-order chi connectivity index (χ0) is 15.6. The molecule has 1 aliphatic heterocycles. The molecule has 0 atom stereocenters. The molecule has 1 N–H and O–H groups in total. The quantitative estimate of drug-likeness (QED) is 0.931. The Morgan fingerprint density at radius 3 is 2.67 bits per heavy atom. The van der Waals surface area contributed by atoms with Crippen molar-refractivity contribution in [2.45, 2.75) is 45.9 Å². The molecule has 0 unspecified atom stereocenters. The van der Waals surface area contributed by atoms with E-state index >= 15 is 0 Å². The number of halogens is 1. The summed E-state index contributed by atoms with van der Waals surface area (Å²) >= 11 is 5.95. The van der Waals surface area contributed by atoms with Crippen LogP contribution in [0, 0.1) is 6.92 Å². The lowest BCUT2D eigenvalue weighted by Crippen LogP contribution is -2.60. The van der Waals surface area contributed by atoms with Gasteiger partial charge in [0.15, 0.2) is 0 Å². The van der Waals surface area contributed by atoms with Crippen LogP contribution in [0.1, 0.15) is 31.9 Å². The summed E-state index contributed by atoms with van der Waals surface area (Å²) in [6, 6.07) is 6.23. The van der Waals surface area contributed by atoms with Crippen molar-refractivity contribution in [3.8, 4) is 0 Å². The minimum absolute atomic E-state index is 0.233. The fraction of sp³-hybridized carbons (Fsp3) is 0.562. The van der Waals surface area contributed by atoms with E-state index in [2.05, 4.69) is 12.2 Å². The van der Waals surface area contributed by atoms with Crippen molar-refractivity contribution >= 4 is 17.7 Å². The maximum absolute atomic E-state index is 11.8. The largest absolute Gasteiger partial charge is 0.444 e. The van der Waals surface area contributed by atoms with Gasteiger partial charge in [-0.05, 0) is 51.0 Å². The van der Waals surface area contributed by atoms with Crippen LogP contribution < -0.4 is 5.32 Å². The smallest absolute Gasteiger partial charge is 0.410 e. The van der Waals surface area contributed by atoms with Crippen LogP contribution in [0.2, 0.25) is 5.02 Å². The van der Waals surface area contributed by atoms with Gasteiger partial charge < -0.3 is 15.0 Å². The van der Waals surface area contributed by atoms with Crippen molar-refractivity contribution in [2.24, 2.45) is 0 Å². The third-order valence-electron chi connectivity index (χ3n) is 3.42. The third-order valence-corrected chi connectivity index (χ3v) is 3.65. The van der Waals surface area contributed by atoms with E-state index in [1.54, 1.807) is 4.90 Å². The van der Waals surface area contributed by atoms with Gasteiger partial charge in [-0.15, -0.1) is 0 Å². The van der Waals surface area contributed by atoms with E-state index in [1.807, 2.05) is 39.0 Å². The molecule has 1 aromatic carbocycles. The van der Waals surface area contributed by atoms with Crippen LogP contribution >= 0.6 is 11.6 Å². The number of nitrogens with zero attached hydrogens (tertiary/aromatic N) is 1. The molecule has 5 heteroatoms. The molecule has 1 saturated heterocycles. The molecular weight excluding hydrogens is 288 g/mol. The highest BCUT2D eigenvalue weighted by molar-refractivity contribution is 6.30. The first-order chi connectivity index (χ1) is 9.74. The lowest BCUT2D eigenvalue weighted by atomic mass is 10.1. The predicted octanol–water partition coefficient (Wildman–Crippen LogP) is 3.36. The topological polar surface area (TPSA) is 41.6 Å². The highest BCUT2D eigenvalue weighted by atomic mass is 35.5. The van der Waals surface area contributed by atoms with E-state index in [4.69, 9.17) is 16.3 Å². The number of aryl methyl sites for hydroxylation is 1. The number of carbonyl (C=O) groups is 1. The molecule has 4 nitrogen and oxygen atoms in total. The Morgan fingerprint density at radius 1 is 1.43 bits per heavy atom. The first kappa shape index (κ1) is 16.1. The Bertz CT molecular complexity index is 519. The summed E-state index contributed by atoms with van der Waals surface area (Å²) in [5, 5.41) is 4.21. The Labute approximate surface area is 131 Å². The van der Waals surface area contributed by atoms with E-state index in [0.717, 1.165) is 11.6 Å². The van der Waals surface area contributed by atoms with Gasteiger partial charge in [-0.1, -0.05) is 17.7 Å². The number of hydrogen-bond acceptors (Lipinski definition) is 3. The van der Waals surface area contributed by atoms with Gasteiger partial charge in [0, 0.05) is 30.7 Å². The van der Waals surface area contributed by atoms with Crippen LogP contribution in [0.4, 0.5) is 4.79 Å². The molecule has 0 spiro atoms. The lowest BCUT2D eigenvalue weighted by molar-refractivity contribution is 0.00518. The number of rotatable bonds is 3. The zero-order valence-corrected chi connectivity index (χ0v) is 13.8. The van der Waals surface area contributed by atoms with E-state index in [9.17, 15) is 4.79 Å². The first-order valence-corrected chi connectivity index (χ1v) is 7.59. The highest BCUT2D eigenvalue weighted by Gasteiger charge is 2.33. The number of benzene rings is 1. The average molecular weight is 311 g/mol. The van der Waals surface area contributed by atoms with Crippen molar-refractivity contribution in [1.29, 1.82) is 0 Å². The third kappa shape index (κ3) is 4.61. The van der Waals surface area contributed by atoms with E-state index < -0.39 is 5.60 Å². The van der Waals surface area contributed by atoms with Gasteiger partial charge in [0.1, 0.15) is 5.60 Å². The maximum atomic E-state index is 11.8. The normalized spacial score (nSPS) is 15.8. The van der Waals surface area contributed by atoms with Gasteiger partial charge in [0.2, 0.25) is 0 Å². The Kier molecular flexibility index (Phi) is 4.79. The molecule has 2 rings (SSSR count). The fourth-order valence-electron chi connectivity index (χ4n) is 2.20. The summed E-state index contributed by atoms with van der Waals surface area (Å²) < 4.78 is 5.33. The fourth-order valence-corrected chi connectivity index (χ4v) is 2.42. The second kappa shape index (κ2) is 6.24. The molecule has 0 aliphatic carbocycles. The Morgan fingerprint density at radius 2 is 2.10 bits per heavy atom. The molecule has 1 amide bonds. The standard InChI is InChI=1S/C16H23ClN2O2/c1-11-7-13(17)6-5-12(11)8-18-14-9-19(10-14)15(20)21-16(2,3)4/h5-7,14,18H,8-10H2,1-4H3. The van der Waals surface area contributed by atoms with E-state index in [-0.39, 0.29) is 6.09 Å². The van der Waals surface area contributed by atoms with Crippen molar-refractivity contribution in [2.75, 3.05) is 13.1 Å². The second-order valence-corrected chi connectivity index (χ2v) is 6.97. The average Bonchev–Trinajstić information content (AvgIpc) is 2.27. The molecule has 0 saturated carbocycles. The van der Waals surface area contributed by atoms with Gasteiger partial charge in [0.05, 0.1) is 0 Å². The van der Waals surface area contributed by atoms with Crippen LogP contribution in [-0.4, -0.2) is 35.7 Å². The SMILES string of the molecule is Cc1cc(Cl)ccc1CNC1CN(C(=O)OC(C)(C)C)C1. The van der Waals surface area contributed by atoms with E-state index in [1.165, 1.54) is 11.1 Å². The van der Waals surface area contributed by atoms with Crippen molar-refractivity contribution in [1.82, 2.24) is 10.2 Å². The van der Waals surface area contributed by atoms with Crippen LogP contribution in [0.3, 0.4) is 0 Å². The molecule has 1 fully saturated rings. The molecule has 1 heterocycles. The van der Waals surface area contributed by atoms with Gasteiger partial charge in [-0.2, -0.15) is 0 Å². The summed E-state index contributed by atoms with van der Waals surface area (Å²) in [4.78, 5) is 13.5. The minimum atomic E-state index is -0.435. The number of amides is 1. The van der Waals surface area contributed by atoms with Gasteiger partial charge in [-0.25, -0.2) is 4.79 Å². The van der Waals surface area contributed by atoms with Crippen LogP contribution in [0.5, 0.6) is 0 Å². The summed E-state index contributed by atoms with van der Waals surface area (Å²) in [6.07, 6.45) is -0.233. The molecule has 116 valence electrons. The number of likely N-dealkylation sites (tertiary alicyclic amines) is 1. The van der Waals surface area contributed by atoms with Crippen LogP contribution in [0.25, 0.3) is 0 Å². The summed E-state index contributed by atoms with van der Waals surface area (Å²) in [5.41, 5.74) is 1.98. The second-order valence-electron chi connectivity index (χ2n) is 6.53. The molecule has 0 aromatic heterocycles. The van der Waals surface area contributed by atoms with Gasteiger partial charge >= 0.3 is 6.09 Å². The summed E-state index contributed by atoms with van der Waals surface area (Å²) in [7, 11) is 0. The number of hydrogen-bond donors (Lipinski definition) is 1. The highest BCUT2D eigenvalue weighted by Crippen LogP contribution is 2.17. The van der Waals surface area contributed by atoms with Crippen LogP contribution in [0.15, 0.2) is 18.2 Å². The maximum Gasteiger partial charge on any atom is 0.410 e. The molecule has 21 heavy (non-hydrogen) atoms. The molecule has 1 aliphatic rings. The Balaban J connectivity index is 1.75. The number of nitrogens with one attached hydrogen (secondary N) is 1. The Hall–Kier alpha value is -1.26. The van der Waals surface area contributed by atoms with Gasteiger partial charge in [0.25, 0.3) is 0 Å². The van der Waals surface area contributed by atoms with E-state index in [0.29, 0.717) is 19.1 Å². The lowest BCUT2D eigenvalue weighted by Gasteiger charge is -2.40. The minimum Gasteiger partial charge on any atom is -0.444 e. The first-order valence-electron chi connectivity index (χ1n) is 7.21. The summed E-state index contributed by atoms with van der Waals surface area (Å²) in [5.74, 6) is 0. The molecule has 0 radical (unpaired) electrons. The molecular formula is C16H23ClN2O2. The zero-order valence-electron chi connectivity index (χ0n) is 13.1. The molecule has 1 aromatic rings. The monoisotopic (exact) mass is 310 g/mol. The predicted molar refractivity (Wildman–Crippen MR) is 84.6 cm³/mol. The van der Waals surface area contributed by atoms with Gasteiger partial charge in [-0.3, -0.25) is 0 Å². The molecule has 0 bridgehead atoms. The van der Waals surface area contributed by atoms with Crippen molar-refractivity contribution in [3.05, 3.63) is 34.3 Å². The van der Waals surface area contributed by atoms with Crippen molar-refractivity contribution < 1.29 is 9.53 Å². The number of carbonyl (C=O) groups excluding carboxylic acids is 1. The van der Waals surface area contributed by atoms with Crippen LogP contribution in [-0.2, 0) is 11.3 Å².